The van der Waals surface area contributed by atoms with E-state index in [1.165, 1.54) is 10.9 Å². The molecule has 1 aromatic heterocycles. The van der Waals surface area contributed by atoms with Gasteiger partial charge in [0, 0.05) is 44.0 Å². The van der Waals surface area contributed by atoms with Gasteiger partial charge in [0.05, 0.1) is 25.1 Å². The van der Waals surface area contributed by atoms with Gasteiger partial charge in [-0.05, 0) is 25.1 Å². The molecule has 0 bridgehead atoms. The zero-order valence-corrected chi connectivity index (χ0v) is 16.6. The summed E-state index contributed by atoms with van der Waals surface area (Å²) in [7, 11) is 1.71. The first kappa shape index (κ1) is 20.5. The SMILES string of the molecule is CCN(C)C(=O)c1cccc(C(=O)Nc2cnn(CC(=O)N3CCOCC3)c2)c1. The number of hydrogen-bond donors (Lipinski definition) is 1. The van der Waals surface area contributed by atoms with Crippen LogP contribution < -0.4 is 5.32 Å². The predicted octanol–water partition coefficient (Wildman–Crippen LogP) is 1.09. The van der Waals surface area contributed by atoms with Crippen molar-refractivity contribution < 1.29 is 19.1 Å². The first-order chi connectivity index (χ1) is 14.0. The Hall–Kier alpha value is -3.20. The lowest BCUT2D eigenvalue weighted by Crippen LogP contribution is -2.42. The highest BCUT2D eigenvalue weighted by molar-refractivity contribution is 6.06. The van der Waals surface area contributed by atoms with Crippen molar-refractivity contribution in [1.82, 2.24) is 19.6 Å². The van der Waals surface area contributed by atoms with Crippen LogP contribution in [0.4, 0.5) is 5.69 Å². The summed E-state index contributed by atoms with van der Waals surface area (Å²) < 4.78 is 6.73. The van der Waals surface area contributed by atoms with E-state index in [9.17, 15) is 14.4 Å². The van der Waals surface area contributed by atoms with Crippen molar-refractivity contribution in [3.05, 3.63) is 47.8 Å². The normalized spacial score (nSPS) is 13.8. The maximum absolute atomic E-state index is 12.5. The van der Waals surface area contributed by atoms with Crippen molar-refractivity contribution in [2.75, 3.05) is 45.2 Å². The lowest BCUT2D eigenvalue weighted by atomic mass is 10.1. The second-order valence-corrected chi connectivity index (χ2v) is 6.77. The van der Waals surface area contributed by atoms with Crippen LogP contribution in [0.3, 0.4) is 0 Å². The average molecular weight is 399 g/mol. The largest absolute Gasteiger partial charge is 0.378 e. The second kappa shape index (κ2) is 9.33. The molecule has 2 aromatic rings. The van der Waals surface area contributed by atoms with E-state index in [1.807, 2.05) is 6.92 Å². The zero-order valence-electron chi connectivity index (χ0n) is 16.6. The van der Waals surface area contributed by atoms with E-state index >= 15 is 0 Å². The number of benzene rings is 1. The van der Waals surface area contributed by atoms with E-state index in [0.29, 0.717) is 49.7 Å². The van der Waals surface area contributed by atoms with E-state index in [0.717, 1.165) is 0 Å². The predicted molar refractivity (Wildman–Crippen MR) is 107 cm³/mol. The van der Waals surface area contributed by atoms with E-state index in [4.69, 9.17) is 4.74 Å². The molecule has 0 saturated carbocycles. The molecule has 0 spiro atoms. The summed E-state index contributed by atoms with van der Waals surface area (Å²) in [5, 5.41) is 6.89. The van der Waals surface area contributed by atoms with Gasteiger partial charge in [0.2, 0.25) is 5.91 Å². The summed E-state index contributed by atoms with van der Waals surface area (Å²) in [5.74, 6) is -0.532. The molecule has 29 heavy (non-hydrogen) atoms. The van der Waals surface area contributed by atoms with Crippen LogP contribution in [0, 0.1) is 0 Å². The van der Waals surface area contributed by atoms with Gasteiger partial charge < -0.3 is 19.9 Å². The molecule has 1 aliphatic heterocycles. The van der Waals surface area contributed by atoms with Crippen LogP contribution in [0.5, 0.6) is 0 Å². The molecule has 1 aliphatic rings. The molecule has 0 aliphatic carbocycles. The standard InChI is InChI=1S/C20H25N5O4/c1-3-23(2)20(28)16-6-4-5-15(11-16)19(27)22-17-12-21-25(13-17)14-18(26)24-7-9-29-10-8-24/h4-6,11-13H,3,7-10,14H2,1-2H3,(H,22,27). The Labute approximate surface area is 169 Å². The fourth-order valence-electron chi connectivity index (χ4n) is 2.93. The first-order valence-corrected chi connectivity index (χ1v) is 9.52. The van der Waals surface area contributed by atoms with Crippen LogP contribution in [0.2, 0.25) is 0 Å². The molecule has 0 radical (unpaired) electrons. The lowest BCUT2D eigenvalue weighted by molar-refractivity contribution is -0.136. The van der Waals surface area contributed by atoms with Gasteiger partial charge in [-0.15, -0.1) is 0 Å². The summed E-state index contributed by atoms with van der Waals surface area (Å²) in [5.41, 5.74) is 1.30. The van der Waals surface area contributed by atoms with Gasteiger partial charge in [-0.1, -0.05) is 6.07 Å². The number of nitrogens with one attached hydrogen (secondary N) is 1. The molecule has 154 valence electrons. The Morgan fingerprint density at radius 3 is 2.66 bits per heavy atom. The number of aromatic nitrogens is 2. The highest BCUT2D eigenvalue weighted by atomic mass is 16.5. The molecule has 0 atom stereocenters. The number of rotatable bonds is 6. The van der Waals surface area contributed by atoms with Crippen molar-refractivity contribution in [1.29, 1.82) is 0 Å². The average Bonchev–Trinajstić information content (AvgIpc) is 3.19. The Morgan fingerprint density at radius 1 is 1.21 bits per heavy atom. The zero-order chi connectivity index (χ0) is 20.8. The Balaban J connectivity index is 1.61. The molecule has 1 saturated heterocycles. The van der Waals surface area contributed by atoms with Crippen LogP contribution in [0.15, 0.2) is 36.7 Å². The van der Waals surface area contributed by atoms with Crippen molar-refractivity contribution in [2.45, 2.75) is 13.5 Å². The molecule has 3 amide bonds. The van der Waals surface area contributed by atoms with Crippen LogP contribution >= 0.6 is 0 Å². The van der Waals surface area contributed by atoms with Crippen molar-refractivity contribution in [3.8, 4) is 0 Å². The van der Waals surface area contributed by atoms with Crippen LogP contribution in [-0.4, -0.2) is 77.2 Å². The highest BCUT2D eigenvalue weighted by Gasteiger charge is 2.18. The molecule has 1 aromatic carbocycles. The maximum Gasteiger partial charge on any atom is 0.255 e. The molecule has 3 rings (SSSR count). The van der Waals surface area contributed by atoms with Crippen LogP contribution in [0.1, 0.15) is 27.6 Å². The van der Waals surface area contributed by atoms with E-state index in [1.54, 1.807) is 47.3 Å². The number of anilines is 1. The molecular weight excluding hydrogens is 374 g/mol. The van der Waals surface area contributed by atoms with Gasteiger partial charge in [0.1, 0.15) is 6.54 Å². The minimum absolute atomic E-state index is 0.0412. The third-order valence-corrected chi connectivity index (χ3v) is 4.74. The fourth-order valence-corrected chi connectivity index (χ4v) is 2.93. The molecule has 2 heterocycles. The van der Waals surface area contributed by atoms with Gasteiger partial charge in [0.25, 0.3) is 11.8 Å². The number of carbonyl (C=O) groups excluding carboxylic acids is 3. The third-order valence-electron chi connectivity index (χ3n) is 4.74. The molecular formula is C20H25N5O4. The van der Waals surface area contributed by atoms with Crippen LogP contribution in [-0.2, 0) is 16.1 Å². The van der Waals surface area contributed by atoms with Crippen molar-refractivity contribution >= 4 is 23.4 Å². The number of hydrogen-bond acceptors (Lipinski definition) is 5. The monoisotopic (exact) mass is 399 g/mol. The molecule has 1 fully saturated rings. The van der Waals surface area contributed by atoms with Crippen molar-refractivity contribution in [3.63, 3.8) is 0 Å². The fraction of sp³-hybridized carbons (Fsp3) is 0.400. The molecule has 9 heteroatoms. The second-order valence-electron chi connectivity index (χ2n) is 6.77. The van der Waals surface area contributed by atoms with Gasteiger partial charge >= 0.3 is 0 Å². The van der Waals surface area contributed by atoms with Gasteiger partial charge in [0.15, 0.2) is 0 Å². The quantitative estimate of drug-likeness (QED) is 0.784. The van der Waals surface area contributed by atoms with Crippen molar-refractivity contribution in [2.24, 2.45) is 0 Å². The summed E-state index contributed by atoms with van der Waals surface area (Å²) in [4.78, 5) is 40.4. The summed E-state index contributed by atoms with van der Waals surface area (Å²) in [6.07, 6.45) is 3.10. The number of nitrogens with zero attached hydrogens (tertiary/aromatic N) is 4. The molecule has 9 nitrogen and oxygen atoms in total. The highest BCUT2D eigenvalue weighted by Crippen LogP contribution is 2.12. The molecule has 1 N–H and O–H groups in total. The summed E-state index contributed by atoms with van der Waals surface area (Å²) in [6.45, 7) is 4.80. The van der Waals surface area contributed by atoms with E-state index in [2.05, 4.69) is 10.4 Å². The minimum atomic E-state index is -0.349. The van der Waals surface area contributed by atoms with Crippen LogP contribution in [0.25, 0.3) is 0 Å². The summed E-state index contributed by atoms with van der Waals surface area (Å²) >= 11 is 0. The smallest absolute Gasteiger partial charge is 0.255 e. The van der Waals surface area contributed by atoms with Gasteiger partial charge in [-0.2, -0.15) is 5.10 Å². The Kier molecular flexibility index (Phi) is 6.61. The van der Waals surface area contributed by atoms with E-state index < -0.39 is 0 Å². The van der Waals surface area contributed by atoms with Gasteiger partial charge in [-0.25, -0.2) is 0 Å². The summed E-state index contributed by atoms with van der Waals surface area (Å²) in [6, 6.07) is 6.57. The lowest BCUT2D eigenvalue weighted by Gasteiger charge is -2.26. The Morgan fingerprint density at radius 2 is 1.93 bits per heavy atom. The Bertz CT molecular complexity index is 889. The first-order valence-electron chi connectivity index (χ1n) is 9.52. The number of amides is 3. The number of ether oxygens (including phenoxy) is 1. The molecule has 0 unspecified atom stereocenters. The third kappa shape index (κ3) is 5.20. The van der Waals surface area contributed by atoms with E-state index in [-0.39, 0.29) is 24.3 Å². The topological polar surface area (TPSA) is 96.8 Å². The van der Waals surface area contributed by atoms with Gasteiger partial charge in [-0.3, -0.25) is 19.1 Å². The minimum Gasteiger partial charge on any atom is -0.378 e. The number of carbonyl (C=O) groups is 3. The maximum atomic E-state index is 12.5. The number of morpholine rings is 1.